The van der Waals surface area contributed by atoms with Gasteiger partial charge in [0.25, 0.3) is 0 Å². The Morgan fingerprint density at radius 1 is 0.324 bits per heavy atom. The molecule has 0 bridgehead atoms. The summed E-state index contributed by atoms with van der Waals surface area (Å²) in [6.07, 6.45) is 45.6. The lowest BCUT2D eigenvalue weighted by Gasteiger charge is -2.04. The second-order valence-electron chi connectivity index (χ2n) is 11.7. The van der Waals surface area contributed by atoms with E-state index in [2.05, 4.69) is 17.6 Å². The van der Waals surface area contributed by atoms with E-state index in [0.29, 0.717) is 6.54 Å². The van der Waals surface area contributed by atoms with E-state index in [1.807, 2.05) is 0 Å². The van der Waals surface area contributed by atoms with Crippen LogP contribution in [0.15, 0.2) is 4.99 Å². The zero-order valence-electron chi connectivity index (χ0n) is 25.1. The molecule has 0 N–H and O–H groups in total. The van der Waals surface area contributed by atoms with Crippen molar-refractivity contribution < 1.29 is 4.79 Å². The maximum absolute atomic E-state index is 9.98. The monoisotopic (exact) mass is 537 g/mol. The number of unbranched alkanes of at least 4 members (excludes halogenated alkanes) is 30. The number of nitrogens with zero attached hydrogens (tertiary/aromatic N) is 1. The molecule has 0 aliphatic carbocycles. The summed E-state index contributed by atoms with van der Waals surface area (Å²) in [7, 11) is 0. The Hall–Kier alpha value is -0.270. The van der Waals surface area contributed by atoms with Gasteiger partial charge in [-0.2, -0.15) is 12.6 Å². The van der Waals surface area contributed by atoms with Crippen LogP contribution < -0.4 is 0 Å². The first-order valence-electron chi connectivity index (χ1n) is 17.1. The zero-order valence-corrected chi connectivity index (χ0v) is 26.0. The molecular formula is C34H67NOS. The number of hydrogen-bond donors (Lipinski definition) is 1. The van der Waals surface area contributed by atoms with Gasteiger partial charge < -0.3 is 0 Å². The van der Waals surface area contributed by atoms with E-state index >= 15 is 0 Å². The van der Waals surface area contributed by atoms with E-state index in [9.17, 15) is 4.79 Å². The van der Waals surface area contributed by atoms with Crippen molar-refractivity contribution in [1.29, 1.82) is 0 Å². The minimum absolute atomic E-state index is 0.669. The van der Waals surface area contributed by atoms with Gasteiger partial charge in [-0.15, -0.1) is 0 Å². The lowest BCUT2D eigenvalue weighted by Crippen LogP contribution is -1.85. The normalized spacial score (nSPS) is 11.2. The molecule has 0 aliphatic heterocycles. The van der Waals surface area contributed by atoms with E-state index in [-0.39, 0.29) is 0 Å². The summed E-state index contributed by atoms with van der Waals surface area (Å²) in [6, 6.07) is 0. The lowest BCUT2D eigenvalue weighted by atomic mass is 10.0. The SMILES string of the molecule is O=C=NCCCCCCCCCCCCCCCCCCCCCCCCCCCCCCCCCS. The summed E-state index contributed by atoms with van der Waals surface area (Å²) in [4.78, 5) is 13.6. The van der Waals surface area contributed by atoms with Gasteiger partial charge in [0.1, 0.15) is 0 Å². The highest BCUT2D eigenvalue weighted by atomic mass is 32.1. The minimum Gasteiger partial charge on any atom is -0.211 e. The molecular weight excluding hydrogens is 470 g/mol. The van der Waals surface area contributed by atoms with Gasteiger partial charge in [0.05, 0.1) is 6.54 Å². The molecule has 0 radical (unpaired) electrons. The van der Waals surface area contributed by atoms with E-state index < -0.39 is 0 Å². The van der Waals surface area contributed by atoms with Crippen molar-refractivity contribution in [3.8, 4) is 0 Å². The van der Waals surface area contributed by atoms with E-state index in [1.165, 1.54) is 193 Å². The summed E-state index contributed by atoms with van der Waals surface area (Å²) < 4.78 is 0. The Bertz CT molecular complexity index is 449. The number of isocyanates is 1. The van der Waals surface area contributed by atoms with Crippen molar-refractivity contribution in [1.82, 2.24) is 0 Å². The molecule has 0 rings (SSSR count). The molecule has 0 aromatic carbocycles. The van der Waals surface area contributed by atoms with Crippen LogP contribution in [0.1, 0.15) is 199 Å². The number of thiol groups is 1. The first-order valence-corrected chi connectivity index (χ1v) is 17.7. The highest BCUT2D eigenvalue weighted by molar-refractivity contribution is 7.80. The molecule has 0 heterocycles. The van der Waals surface area contributed by atoms with E-state index in [1.54, 1.807) is 6.08 Å². The Labute approximate surface area is 239 Å². The first-order chi connectivity index (χ1) is 18.4. The van der Waals surface area contributed by atoms with Crippen molar-refractivity contribution in [3.05, 3.63) is 0 Å². The standard InChI is InChI=1S/C34H67NOS/c36-34-35-32-30-28-26-24-22-20-18-16-14-12-10-8-6-4-2-1-3-5-7-9-11-13-15-17-19-21-23-25-27-29-31-33-37/h37H,1-33H2. The van der Waals surface area contributed by atoms with Crippen LogP contribution in [0.4, 0.5) is 0 Å². The summed E-state index contributed by atoms with van der Waals surface area (Å²) in [5.74, 6) is 1.06. The minimum atomic E-state index is 0.669. The van der Waals surface area contributed by atoms with Crippen LogP contribution in [0.3, 0.4) is 0 Å². The quantitative estimate of drug-likeness (QED) is 0.0383. The fourth-order valence-corrected chi connectivity index (χ4v) is 5.70. The van der Waals surface area contributed by atoms with Gasteiger partial charge in [-0.05, 0) is 18.6 Å². The lowest BCUT2D eigenvalue weighted by molar-refractivity contribution is 0.512. The van der Waals surface area contributed by atoms with Gasteiger partial charge in [0.15, 0.2) is 0 Å². The predicted molar refractivity (Wildman–Crippen MR) is 170 cm³/mol. The molecule has 37 heavy (non-hydrogen) atoms. The number of rotatable bonds is 33. The molecule has 0 aliphatic rings. The maximum Gasteiger partial charge on any atom is 0.234 e. The average molecular weight is 538 g/mol. The Balaban J connectivity index is 3.02. The molecule has 220 valence electrons. The van der Waals surface area contributed by atoms with E-state index in [0.717, 1.165) is 12.2 Å². The van der Waals surface area contributed by atoms with Crippen molar-refractivity contribution in [2.75, 3.05) is 12.3 Å². The number of carbonyl (C=O) groups excluding carboxylic acids is 1. The molecule has 0 saturated heterocycles. The molecule has 3 heteroatoms. The fourth-order valence-electron chi connectivity index (χ4n) is 5.47. The van der Waals surface area contributed by atoms with Gasteiger partial charge >= 0.3 is 0 Å². The third-order valence-corrected chi connectivity index (χ3v) is 8.31. The van der Waals surface area contributed by atoms with Gasteiger partial charge in [-0.1, -0.05) is 186 Å². The van der Waals surface area contributed by atoms with Crippen LogP contribution in [0.5, 0.6) is 0 Å². The Morgan fingerprint density at radius 3 is 0.703 bits per heavy atom. The van der Waals surface area contributed by atoms with Gasteiger partial charge in [-0.3, -0.25) is 0 Å². The molecule has 2 nitrogen and oxygen atoms in total. The second-order valence-corrected chi connectivity index (χ2v) is 12.1. The summed E-state index contributed by atoms with van der Waals surface area (Å²) in [5.41, 5.74) is 0. The molecule has 0 aromatic heterocycles. The molecule has 0 amide bonds. The third kappa shape index (κ3) is 35.7. The Kier molecular flexibility index (Phi) is 35.5. The summed E-state index contributed by atoms with van der Waals surface area (Å²) in [6.45, 7) is 0.669. The van der Waals surface area contributed by atoms with Gasteiger partial charge in [-0.25, -0.2) is 9.79 Å². The summed E-state index contributed by atoms with van der Waals surface area (Å²) >= 11 is 4.28. The smallest absolute Gasteiger partial charge is 0.211 e. The topological polar surface area (TPSA) is 29.4 Å². The van der Waals surface area contributed by atoms with Crippen LogP contribution in [-0.2, 0) is 4.79 Å². The molecule has 0 unspecified atom stereocenters. The van der Waals surface area contributed by atoms with Crippen molar-refractivity contribution in [2.24, 2.45) is 4.99 Å². The third-order valence-electron chi connectivity index (χ3n) is 7.99. The van der Waals surface area contributed by atoms with Crippen molar-refractivity contribution >= 4 is 18.7 Å². The zero-order chi connectivity index (χ0) is 26.7. The fraction of sp³-hybridized carbons (Fsp3) is 0.971. The van der Waals surface area contributed by atoms with Crippen molar-refractivity contribution in [2.45, 2.75) is 199 Å². The predicted octanol–water partition coefficient (Wildman–Crippen LogP) is 12.3. The first kappa shape index (κ1) is 36.7. The molecule has 0 aromatic rings. The van der Waals surface area contributed by atoms with Crippen LogP contribution >= 0.6 is 12.6 Å². The Morgan fingerprint density at radius 2 is 0.514 bits per heavy atom. The van der Waals surface area contributed by atoms with Gasteiger partial charge in [0.2, 0.25) is 6.08 Å². The average Bonchev–Trinajstić information content (AvgIpc) is 2.91. The second kappa shape index (κ2) is 35.7. The van der Waals surface area contributed by atoms with Crippen LogP contribution in [-0.4, -0.2) is 18.4 Å². The highest BCUT2D eigenvalue weighted by Crippen LogP contribution is 2.16. The van der Waals surface area contributed by atoms with Crippen LogP contribution in [0.2, 0.25) is 0 Å². The molecule has 0 spiro atoms. The maximum atomic E-state index is 9.98. The number of hydrogen-bond acceptors (Lipinski definition) is 3. The number of aliphatic imine (C=N–C) groups is 1. The highest BCUT2D eigenvalue weighted by Gasteiger charge is 1.97. The molecule has 0 saturated carbocycles. The van der Waals surface area contributed by atoms with E-state index in [4.69, 9.17) is 0 Å². The summed E-state index contributed by atoms with van der Waals surface area (Å²) in [5, 5.41) is 0. The van der Waals surface area contributed by atoms with Gasteiger partial charge in [0, 0.05) is 0 Å². The van der Waals surface area contributed by atoms with Crippen molar-refractivity contribution in [3.63, 3.8) is 0 Å². The molecule has 0 fully saturated rings. The molecule has 0 atom stereocenters. The van der Waals surface area contributed by atoms with Crippen LogP contribution in [0.25, 0.3) is 0 Å². The van der Waals surface area contributed by atoms with Crippen LogP contribution in [0, 0.1) is 0 Å². The largest absolute Gasteiger partial charge is 0.234 e.